The van der Waals surface area contributed by atoms with E-state index in [-0.39, 0.29) is 23.0 Å². The van der Waals surface area contributed by atoms with Gasteiger partial charge in [0.1, 0.15) is 0 Å². The van der Waals surface area contributed by atoms with Gasteiger partial charge in [0.25, 0.3) is 0 Å². The number of sulfonamides is 1. The van der Waals surface area contributed by atoms with Gasteiger partial charge in [-0.1, -0.05) is 43.7 Å². The van der Waals surface area contributed by atoms with Crippen LogP contribution in [0.2, 0.25) is 0 Å². The van der Waals surface area contributed by atoms with Gasteiger partial charge in [0.15, 0.2) is 0 Å². The third kappa shape index (κ3) is 5.11. The lowest BCUT2D eigenvalue weighted by Gasteiger charge is -2.40. The predicted octanol–water partition coefficient (Wildman–Crippen LogP) is 3.19. The number of hydrogen-bond acceptors (Lipinski definition) is 3. The molecule has 1 aromatic carbocycles. The summed E-state index contributed by atoms with van der Waals surface area (Å²) in [4.78, 5) is 14.9. The average Bonchev–Trinajstić information content (AvgIpc) is 2.62. The highest BCUT2D eigenvalue weighted by Gasteiger charge is 2.36. The molecule has 0 unspecified atom stereocenters. The molecule has 0 atom stereocenters. The van der Waals surface area contributed by atoms with Crippen LogP contribution in [0.1, 0.15) is 50.7 Å². The lowest BCUT2D eigenvalue weighted by atomic mass is 9.83. The van der Waals surface area contributed by atoms with Gasteiger partial charge in [-0.05, 0) is 43.6 Å². The molecule has 6 heteroatoms. The van der Waals surface area contributed by atoms with Gasteiger partial charge in [0, 0.05) is 32.1 Å². The zero-order valence-corrected chi connectivity index (χ0v) is 17.6. The van der Waals surface area contributed by atoms with E-state index >= 15 is 0 Å². The minimum atomic E-state index is -3.33. The minimum Gasteiger partial charge on any atom is -0.342 e. The topological polar surface area (TPSA) is 57.7 Å². The van der Waals surface area contributed by atoms with Gasteiger partial charge < -0.3 is 4.90 Å². The fraction of sp³-hybridized carbons (Fsp3) is 0.667. The first kappa shape index (κ1) is 20.3. The normalized spacial score (nSPS) is 22.0. The molecule has 27 heavy (non-hydrogen) atoms. The van der Waals surface area contributed by atoms with Crippen LogP contribution < -0.4 is 0 Å². The van der Waals surface area contributed by atoms with Crippen molar-refractivity contribution >= 4 is 15.9 Å². The molecule has 2 aliphatic heterocycles. The van der Waals surface area contributed by atoms with Crippen LogP contribution in [0, 0.1) is 18.3 Å². The molecule has 0 saturated carbocycles. The minimum absolute atomic E-state index is 0.0339. The fourth-order valence-corrected chi connectivity index (χ4v) is 5.80. The molecule has 150 valence electrons. The number of rotatable bonds is 4. The Balaban J connectivity index is 1.56. The van der Waals surface area contributed by atoms with Gasteiger partial charge in [-0.3, -0.25) is 4.79 Å². The molecule has 0 aliphatic carbocycles. The van der Waals surface area contributed by atoms with E-state index in [9.17, 15) is 13.2 Å². The summed E-state index contributed by atoms with van der Waals surface area (Å²) in [6.45, 7) is 8.97. The first-order valence-corrected chi connectivity index (χ1v) is 11.6. The molecule has 2 heterocycles. The average molecular weight is 393 g/mol. The Labute approximate surface area is 163 Å². The van der Waals surface area contributed by atoms with Crippen molar-refractivity contribution in [1.29, 1.82) is 0 Å². The third-order valence-corrected chi connectivity index (χ3v) is 7.73. The highest BCUT2D eigenvalue weighted by atomic mass is 32.2. The van der Waals surface area contributed by atoms with E-state index < -0.39 is 10.0 Å². The lowest BCUT2D eigenvalue weighted by Crippen LogP contribution is -2.49. The van der Waals surface area contributed by atoms with Crippen LogP contribution >= 0.6 is 0 Å². The number of carbonyl (C=O) groups excluding carboxylic acids is 1. The Bertz CT molecular complexity index is 763. The van der Waals surface area contributed by atoms with Gasteiger partial charge in [-0.2, -0.15) is 0 Å². The molecular weight excluding hydrogens is 360 g/mol. The second-order valence-electron chi connectivity index (χ2n) is 8.94. The highest BCUT2D eigenvalue weighted by molar-refractivity contribution is 7.88. The molecule has 2 fully saturated rings. The zero-order valence-electron chi connectivity index (χ0n) is 16.8. The lowest BCUT2D eigenvalue weighted by molar-refractivity contribution is -0.139. The van der Waals surface area contributed by atoms with Gasteiger partial charge in [-0.15, -0.1) is 0 Å². The van der Waals surface area contributed by atoms with Gasteiger partial charge in [0.2, 0.25) is 15.9 Å². The molecule has 0 aromatic heterocycles. The number of carbonyl (C=O) groups is 1. The fourth-order valence-electron chi connectivity index (χ4n) is 4.24. The van der Waals surface area contributed by atoms with E-state index in [2.05, 4.69) is 13.8 Å². The van der Waals surface area contributed by atoms with Crippen molar-refractivity contribution < 1.29 is 13.2 Å². The van der Waals surface area contributed by atoms with E-state index in [0.29, 0.717) is 25.9 Å². The zero-order chi connectivity index (χ0) is 19.7. The van der Waals surface area contributed by atoms with Crippen molar-refractivity contribution in [3.8, 4) is 0 Å². The van der Waals surface area contributed by atoms with Crippen molar-refractivity contribution in [2.45, 2.75) is 52.2 Å². The largest absolute Gasteiger partial charge is 0.342 e. The molecular formula is C21H32N2O3S. The van der Waals surface area contributed by atoms with Crippen molar-refractivity contribution in [3.63, 3.8) is 0 Å². The molecule has 0 N–H and O–H groups in total. The molecule has 5 nitrogen and oxygen atoms in total. The molecule has 0 bridgehead atoms. The quantitative estimate of drug-likeness (QED) is 0.791. The number of nitrogens with zero attached hydrogens (tertiary/aromatic N) is 2. The van der Waals surface area contributed by atoms with Crippen molar-refractivity contribution in [1.82, 2.24) is 9.21 Å². The van der Waals surface area contributed by atoms with Gasteiger partial charge >= 0.3 is 0 Å². The molecule has 2 aliphatic rings. The number of likely N-dealkylation sites (tertiary alicyclic amines) is 1. The van der Waals surface area contributed by atoms with E-state index in [1.165, 1.54) is 0 Å². The summed E-state index contributed by atoms with van der Waals surface area (Å²) in [5, 5.41) is 0. The van der Waals surface area contributed by atoms with E-state index in [1.54, 1.807) is 4.31 Å². The van der Waals surface area contributed by atoms with Crippen molar-refractivity contribution in [3.05, 3.63) is 35.4 Å². The van der Waals surface area contributed by atoms with E-state index in [1.807, 2.05) is 36.1 Å². The smallest absolute Gasteiger partial charge is 0.225 e. The van der Waals surface area contributed by atoms with Crippen LogP contribution in [0.15, 0.2) is 24.3 Å². The molecule has 0 spiro atoms. The number of piperidine rings is 2. The summed E-state index contributed by atoms with van der Waals surface area (Å²) in [5.74, 6) is 0.217. The van der Waals surface area contributed by atoms with Crippen LogP contribution in [0.25, 0.3) is 0 Å². The maximum absolute atomic E-state index is 12.9. The monoisotopic (exact) mass is 392 g/mol. The maximum atomic E-state index is 12.9. The number of amides is 1. The summed E-state index contributed by atoms with van der Waals surface area (Å²) in [6, 6.07) is 7.63. The van der Waals surface area contributed by atoms with E-state index in [4.69, 9.17) is 0 Å². The number of benzene rings is 1. The van der Waals surface area contributed by atoms with Gasteiger partial charge in [0.05, 0.1) is 5.75 Å². The van der Waals surface area contributed by atoms with Gasteiger partial charge in [-0.25, -0.2) is 12.7 Å². The second kappa shape index (κ2) is 7.92. The summed E-state index contributed by atoms with van der Waals surface area (Å²) < 4.78 is 27.0. The highest BCUT2D eigenvalue weighted by Crippen LogP contribution is 2.31. The third-order valence-electron chi connectivity index (χ3n) is 5.88. The summed E-state index contributed by atoms with van der Waals surface area (Å²) in [5.41, 5.74) is 2.12. The van der Waals surface area contributed by atoms with Crippen LogP contribution in [0.3, 0.4) is 0 Å². The standard InChI is InChI=1S/C21H32N2O3S/c1-17-5-7-18(8-6-17)15-27(25,26)23-13-9-19(10-14-23)20(24)22-12-4-11-21(2,3)16-22/h5-8,19H,4,9-16H2,1-3H3. The summed E-state index contributed by atoms with van der Waals surface area (Å²) in [7, 11) is -3.33. The molecule has 3 rings (SSSR count). The Morgan fingerprint density at radius 1 is 1.11 bits per heavy atom. The van der Waals surface area contributed by atoms with Crippen LogP contribution in [-0.2, 0) is 20.6 Å². The Morgan fingerprint density at radius 2 is 1.74 bits per heavy atom. The Hall–Kier alpha value is -1.40. The number of hydrogen-bond donors (Lipinski definition) is 0. The second-order valence-corrected chi connectivity index (χ2v) is 10.9. The number of aryl methyl sites for hydroxylation is 1. The predicted molar refractivity (Wildman–Crippen MR) is 108 cm³/mol. The van der Waals surface area contributed by atoms with Crippen LogP contribution in [0.4, 0.5) is 0 Å². The SMILES string of the molecule is Cc1ccc(CS(=O)(=O)N2CCC(C(=O)N3CCCC(C)(C)C3)CC2)cc1. The summed E-state index contributed by atoms with van der Waals surface area (Å²) in [6.07, 6.45) is 3.47. The summed E-state index contributed by atoms with van der Waals surface area (Å²) >= 11 is 0. The molecule has 0 radical (unpaired) electrons. The first-order valence-electron chi connectivity index (χ1n) is 9.98. The van der Waals surface area contributed by atoms with E-state index in [0.717, 1.165) is 37.1 Å². The Morgan fingerprint density at radius 3 is 2.33 bits per heavy atom. The van der Waals surface area contributed by atoms with Crippen molar-refractivity contribution in [2.24, 2.45) is 11.3 Å². The van der Waals surface area contributed by atoms with Crippen LogP contribution in [0.5, 0.6) is 0 Å². The molecule has 1 amide bonds. The molecule has 2 saturated heterocycles. The molecule has 1 aromatic rings. The van der Waals surface area contributed by atoms with Crippen LogP contribution in [-0.4, -0.2) is 49.7 Å². The Kier molecular flexibility index (Phi) is 5.96. The van der Waals surface area contributed by atoms with Crippen molar-refractivity contribution in [2.75, 3.05) is 26.2 Å². The first-order chi connectivity index (χ1) is 12.7. The maximum Gasteiger partial charge on any atom is 0.225 e.